The van der Waals surface area contributed by atoms with Gasteiger partial charge >= 0.3 is 0 Å². The first-order valence-electron chi connectivity index (χ1n) is 3.24. The Morgan fingerprint density at radius 2 is 2.56 bits per heavy atom. The van der Waals surface area contributed by atoms with Crippen molar-refractivity contribution in [1.29, 1.82) is 0 Å². The molecule has 9 heavy (non-hydrogen) atoms. The fourth-order valence-electron chi connectivity index (χ4n) is 0.982. The molecule has 0 bridgehead atoms. The molecular weight excluding hydrogens is 116 g/mol. The molecule has 0 unspecified atom stereocenters. The van der Waals surface area contributed by atoms with Crippen molar-refractivity contribution < 1.29 is 9.84 Å². The van der Waals surface area contributed by atoms with Gasteiger partial charge in [-0.25, -0.2) is 0 Å². The molecule has 0 saturated heterocycles. The van der Waals surface area contributed by atoms with Crippen LogP contribution in [0.25, 0.3) is 0 Å². The normalized spacial score (nSPS) is 27.3. The topological polar surface area (TPSA) is 29.5 Å². The summed E-state index contributed by atoms with van der Waals surface area (Å²) in [7, 11) is 1.67. The van der Waals surface area contributed by atoms with Crippen molar-refractivity contribution in [2.45, 2.75) is 25.4 Å². The summed E-state index contributed by atoms with van der Waals surface area (Å²) in [5.41, 5.74) is 0. The second-order valence-corrected chi connectivity index (χ2v) is 2.30. The Hall–Kier alpha value is -0.500. The second kappa shape index (κ2) is 2.87. The maximum Gasteiger partial charge on any atom is 0.0917 e. The summed E-state index contributed by atoms with van der Waals surface area (Å²) in [5.74, 6) is 1.01. The van der Waals surface area contributed by atoms with Crippen LogP contribution < -0.4 is 0 Å². The minimum Gasteiger partial charge on any atom is -0.501 e. The van der Waals surface area contributed by atoms with E-state index in [-0.39, 0.29) is 6.10 Å². The van der Waals surface area contributed by atoms with Crippen molar-refractivity contribution in [3.63, 3.8) is 0 Å². The quantitative estimate of drug-likeness (QED) is 0.572. The minimum atomic E-state index is -0.135. The van der Waals surface area contributed by atoms with E-state index < -0.39 is 0 Å². The van der Waals surface area contributed by atoms with Gasteiger partial charge in [0.2, 0.25) is 0 Å². The van der Waals surface area contributed by atoms with E-state index in [1.54, 1.807) is 7.11 Å². The Balaban J connectivity index is 2.40. The van der Waals surface area contributed by atoms with Gasteiger partial charge in [0, 0.05) is 6.42 Å². The van der Waals surface area contributed by atoms with Crippen molar-refractivity contribution in [3.05, 3.63) is 11.8 Å². The third-order valence-electron chi connectivity index (χ3n) is 1.60. The summed E-state index contributed by atoms with van der Waals surface area (Å²) in [4.78, 5) is 0. The molecule has 1 aliphatic rings. The van der Waals surface area contributed by atoms with Gasteiger partial charge in [0.25, 0.3) is 0 Å². The Labute approximate surface area is 55.1 Å². The average molecular weight is 128 g/mol. The molecule has 2 heteroatoms. The van der Waals surface area contributed by atoms with E-state index in [4.69, 9.17) is 9.84 Å². The van der Waals surface area contributed by atoms with Gasteiger partial charge in [0.15, 0.2) is 0 Å². The van der Waals surface area contributed by atoms with Crippen LogP contribution in [0.15, 0.2) is 11.8 Å². The minimum absolute atomic E-state index is 0.135. The molecule has 0 fully saturated rings. The van der Waals surface area contributed by atoms with Crippen LogP contribution in [0.4, 0.5) is 0 Å². The van der Waals surface area contributed by atoms with Crippen molar-refractivity contribution in [2.75, 3.05) is 7.11 Å². The number of hydrogen-bond donors (Lipinski definition) is 1. The van der Waals surface area contributed by atoms with E-state index in [1.807, 2.05) is 6.08 Å². The summed E-state index contributed by atoms with van der Waals surface area (Å²) < 4.78 is 4.99. The van der Waals surface area contributed by atoms with Crippen LogP contribution >= 0.6 is 0 Å². The van der Waals surface area contributed by atoms with Crippen molar-refractivity contribution >= 4 is 0 Å². The van der Waals surface area contributed by atoms with Crippen LogP contribution in [0.2, 0.25) is 0 Å². The SMILES string of the molecule is COC1=CC[C@H](O)CC1. The number of ether oxygens (including phenoxy) is 1. The molecule has 1 N–H and O–H groups in total. The first kappa shape index (κ1) is 6.62. The Kier molecular flexibility index (Phi) is 2.11. The zero-order valence-corrected chi connectivity index (χ0v) is 5.63. The molecule has 0 saturated carbocycles. The molecule has 1 aliphatic carbocycles. The molecule has 0 aromatic carbocycles. The standard InChI is InChI=1S/C7H12O2/c1-9-7-4-2-6(8)3-5-7/h4,6,8H,2-3,5H2,1H3/t6-/m0/s1. The molecule has 0 aliphatic heterocycles. The van der Waals surface area contributed by atoms with Gasteiger partial charge in [-0.3, -0.25) is 0 Å². The summed E-state index contributed by atoms with van der Waals surface area (Å²) in [6.07, 6.45) is 4.30. The first-order chi connectivity index (χ1) is 4.33. The van der Waals surface area contributed by atoms with Crippen LogP contribution in [0, 0.1) is 0 Å². The van der Waals surface area contributed by atoms with Gasteiger partial charge in [-0.2, -0.15) is 0 Å². The molecular formula is C7H12O2. The van der Waals surface area contributed by atoms with Crippen LogP contribution in [-0.2, 0) is 4.74 Å². The fraction of sp³-hybridized carbons (Fsp3) is 0.714. The van der Waals surface area contributed by atoms with Crippen LogP contribution in [0.3, 0.4) is 0 Å². The Morgan fingerprint density at radius 3 is 3.00 bits per heavy atom. The Morgan fingerprint density at radius 1 is 1.78 bits per heavy atom. The molecule has 52 valence electrons. The largest absolute Gasteiger partial charge is 0.501 e. The zero-order valence-electron chi connectivity index (χ0n) is 5.63. The molecule has 1 rings (SSSR count). The van der Waals surface area contributed by atoms with E-state index in [1.165, 1.54) is 0 Å². The van der Waals surface area contributed by atoms with Gasteiger partial charge in [-0.05, 0) is 18.9 Å². The zero-order chi connectivity index (χ0) is 6.69. The van der Waals surface area contributed by atoms with Crippen LogP contribution in [0.1, 0.15) is 19.3 Å². The monoisotopic (exact) mass is 128 g/mol. The van der Waals surface area contributed by atoms with E-state index in [9.17, 15) is 0 Å². The van der Waals surface area contributed by atoms with Crippen molar-refractivity contribution in [1.82, 2.24) is 0 Å². The molecule has 0 radical (unpaired) electrons. The molecule has 0 spiro atoms. The van der Waals surface area contributed by atoms with Gasteiger partial charge in [0.05, 0.1) is 19.0 Å². The maximum atomic E-state index is 9.02. The van der Waals surface area contributed by atoms with E-state index in [2.05, 4.69) is 0 Å². The van der Waals surface area contributed by atoms with Gasteiger partial charge in [-0.15, -0.1) is 0 Å². The lowest BCUT2D eigenvalue weighted by atomic mass is 10.0. The number of hydrogen-bond acceptors (Lipinski definition) is 2. The Bertz CT molecular complexity index is 118. The average Bonchev–Trinajstić information content (AvgIpc) is 1.90. The summed E-state index contributed by atoms with van der Waals surface area (Å²) >= 11 is 0. The van der Waals surface area contributed by atoms with Crippen LogP contribution in [-0.4, -0.2) is 18.3 Å². The molecule has 0 heterocycles. The fourth-order valence-corrected chi connectivity index (χ4v) is 0.982. The number of aliphatic hydroxyl groups excluding tert-OH is 1. The van der Waals surface area contributed by atoms with Crippen molar-refractivity contribution in [2.24, 2.45) is 0 Å². The van der Waals surface area contributed by atoms with Gasteiger partial charge < -0.3 is 9.84 Å². The number of aliphatic hydroxyl groups is 1. The highest BCUT2D eigenvalue weighted by atomic mass is 16.5. The van der Waals surface area contributed by atoms with Gasteiger partial charge in [0.1, 0.15) is 0 Å². The molecule has 2 nitrogen and oxygen atoms in total. The number of rotatable bonds is 1. The first-order valence-corrected chi connectivity index (χ1v) is 3.24. The lowest BCUT2D eigenvalue weighted by Gasteiger charge is -2.15. The smallest absolute Gasteiger partial charge is 0.0917 e. The van der Waals surface area contributed by atoms with Gasteiger partial charge in [-0.1, -0.05) is 0 Å². The lowest BCUT2D eigenvalue weighted by Crippen LogP contribution is -2.10. The van der Waals surface area contributed by atoms with E-state index in [0.29, 0.717) is 0 Å². The molecule has 0 aromatic rings. The maximum absolute atomic E-state index is 9.02. The second-order valence-electron chi connectivity index (χ2n) is 2.30. The predicted octanol–water partition coefficient (Wildman–Crippen LogP) is 1.06. The summed E-state index contributed by atoms with van der Waals surface area (Å²) in [5, 5.41) is 9.02. The molecule has 0 amide bonds. The highest BCUT2D eigenvalue weighted by molar-refractivity contribution is 4.98. The van der Waals surface area contributed by atoms with E-state index >= 15 is 0 Å². The summed E-state index contributed by atoms with van der Waals surface area (Å²) in [6, 6.07) is 0. The predicted molar refractivity (Wildman–Crippen MR) is 34.9 cm³/mol. The summed E-state index contributed by atoms with van der Waals surface area (Å²) in [6.45, 7) is 0. The lowest BCUT2D eigenvalue weighted by molar-refractivity contribution is 0.144. The molecule has 1 atom stereocenters. The highest BCUT2D eigenvalue weighted by Crippen LogP contribution is 2.17. The third-order valence-corrected chi connectivity index (χ3v) is 1.60. The van der Waals surface area contributed by atoms with E-state index in [0.717, 1.165) is 25.0 Å². The highest BCUT2D eigenvalue weighted by Gasteiger charge is 2.10. The van der Waals surface area contributed by atoms with Crippen molar-refractivity contribution in [3.8, 4) is 0 Å². The van der Waals surface area contributed by atoms with Crippen LogP contribution in [0.5, 0.6) is 0 Å². The number of methoxy groups -OCH3 is 1. The third kappa shape index (κ3) is 1.72. The number of allylic oxidation sites excluding steroid dienone is 1. The molecule has 0 aromatic heterocycles.